The standard InChI is InChI=1S/C50H33N/c1-2-12-34(13-3-1)35-22-26-38(27-23-35)51(40-30-31-48-45-19-8-7-17-43(45)44-18-9-11-21-47(44)50(48)33-40)39-28-24-36(25-29-39)49-32-37-14-4-5-15-41(37)42-16-6-10-20-46(42)49/h1-33H. The SMILES string of the molecule is c1ccc(-c2ccc(N(c3ccc(-c4cc5ccccc5c5ccccc45)cc3)c3ccc4c5ccccc5c5ccccc5c4c3)cc2)cc1. The Morgan fingerprint density at radius 2 is 0.647 bits per heavy atom. The topological polar surface area (TPSA) is 3.24 Å². The van der Waals surface area contributed by atoms with Gasteiger partial charge in [-0.05, 0) is 119 Å². The first-order valence-electron chi connectivity index (χ1n) is 17.6. The van der Waals surface area contributed by atoms with Gasteiger partial charge in [0.1, 0.15) is 0 Å². The predicted octanol–water partition coefficient (Wildman–Crippen LogP) is 14.3. The molecule has 1 nitrogen and oxygen atoms in total. The molecule has 0 aliphatic heterocycles. The van der Waals surface area contributed by atoms with Crippen molar-refractivity contribution in [2.45, 2.75) is 0 Å². The number of anilines is 3. The Morgan fingerprint density at radius 1 is 0.235 bits per heavy atom. The summed E-state index contributed by atoms with van der Waals surface area (Å²) in [6.07, 6.45) is 0. The van der Waals surface area contributed by atoms with E-state index in [4.69, 9.17) is 0 Å². The lowest BCUT2D eigenvalue weighted by Crippen LogP contribution is -2.10. The number of fused-ring (bicyclic) bond motifs is 9. The average molecular weight is 648 g/mol. The summed E-state index contributed by atoms with van der Waals surface area (Å²) in [5.41, 5.74) is 8.22. The van der Waals surface area contributed by atoms with E-state index in [2.05, 4.69) is 205 Å². The van der Waals surface area contributed by atoms with Crippen LogP contribution in [0, 0.1) is 0 Å². The molecule has 0 aromatic heterocycles. The summed E-state index contributed by atoms with van der Waals surface area (Å²) < 4.78 is 0. The fraction of sp³-hybridized carbons (Fsp3) is 0. The summed E-state index contributed by atoms with van der Waals surface area (Å²) in [7, 11) is 0. The minimum absolute atomic E-state index is 1.11. The van der Waals surface area contributed by atoms with Crippen molar-refractivity contribution < 1.29 is 0 Å². The number of benzene rings is 10. The maximum absolute atomic E-state index is 2.39. The van der Waals surface area contributed by atoms with Gasteiger partial charge in [0.25, 0.3) is 0 Å². The van der Waals surface area contributed by atoms with Crippen LogP contribution in [0.5, 0.6) is 0 Å². The Morgan fingerprint density at radius 3 is 1.25 bits per heavy atom. The zero-order valence-electron chi connectivity index (χ0n) is 28.0. The molecule has 0 amide bonds. The van der Waals surface area contributed by atoms with E-state index in [1.54, 1.807) is 0 Å². The molecule has 0 fully saturated rings. The monoisotopic (exact) mass is 647 g/mol. The van der Waals surface area contributed by atoms with Gasteiger partial charge in [0.15, 0.2) is 0 Å². The average Bonchev–Trinajstić information content (AvgIpc) is 3.21. The number of hydrogen-bond donors (Lipinski definition) is 0. The van der Waals surface area contributed by atoms with Crippen LogP contribution in [0.2, 0.25) is 0 Å². The molecular formula is C50H33N. The van der Waals surface area contributed by atoms with Crippen molar-refractivity contribution >= 4 is 70.9 Å². The summed E-state index contributed by atoms with van der Waals surface area (Å²) in [5.74, 6) is 0. The highest BCUT2D eigenvalue weighted by atomic mass is 15.1. The van der Waals surface area contributed by atoms with Crippen molar-refractivity contribution in [1.82, 2.24) is 0 Å². The van der Waals surface area contributed by atoms with Crippen molar-refractivity contribution in [3.63, 3.8) is 0 Å². The van der Waals surface area contributed by atoms with Crippen molar-refractivity contribution in [2.75, 3.05) is 4.90 Å². The van der Waals surface area contributed by atoms with E-state index in [1.807, 2.05) is 0 Å². The van der Waals surface area contributed by atoms with Crippen LogP contribution in [-0.4, -0.2) is 0 Å². The summed E-state index contributed by atoms with van der Waals surface area (Å²) in [4.78, 5) is 2.39. The Hall–Kier alpha value is -6.70. The lowest BCUT2D eigenvalue weighted by atomic mass is 9.93. The number of rotatable bonds is 5. The van der Waals surface area contributed by atoms with Crippen molar-refractivity contribution in [1.29, 1.82) is 0 Å². The Kier molecular flexibility index (Phi) is 6.89. The van der Waals surface area contributed by atoms with Crippen LogP contribution in [-0.2, 0) is 0 Å². The molecule has 0 aliphatic carbocycles. The maximum Gasteiger partial charge on any atom is 0.0468 e. The smallest absolute Gasteiger partial charge is 0.0468 e. The van der Waals surface area contributed by atoms with Crippen LogP contribution in [0.15, 0.2) is 200 Å². The second kappa shape index (κ2) is 12.0. The lowest BCUT2D eigenvalue weighted by Gasteiger charge is -2.27. The molecule has 0 heterocycles. The second-order valence-electron chi connectivity index (χ2n) is 13.3. The van der Waals surface area contributed by atoms with Gasteiger partial charge in [0.05, 0.1) is 0 Å². The fourth-order valence-corrected chi connectivity index (χ4v) is 8.00. The minimum Gasteiger partial charge on any atom is -0.310 e. The highest BCUT2D eigenvalue weighted by Crippen LogP contribution is 2.42. The Labute approximate surface area is 297 Å². The van der Waals surface area contributed by atoms with Crippen LogP contribution in [0.3, 0.4) is 0 Å². The summed E-state index contributed by atoms with van der Waals surface area (Å²) in [5, 5.41) is 12.7. The Bertz CT molecular complexity index is 2850. The highest BCUT2D eigenvalue weighted by molar-refractivity contribution is 6.25. The van der Waals surface area contributed by atoms with E-state index in [0.29, 0.717) is 0 Å². The summed E-state index contributed by atoms with van der Waals surface area (Å²) in [6, 6.07) is 73.0. The first kappa shape index (κ1) is 29.2. The minimum atomic E-state index is 1.11. The van der Waals surface area contributed by atoms with E-state index in [-0.39, 0.29) is 0 Å². The van der Waals surface area contributed by atoms with E-state index < -0.39 is 0 Å². The van der Waals surface area contributed by atoms with Gasteiger partial charge in [-0.3, -0.25) is 0 Å². The number of nitrogens with zero attached hydrogens (tertiary/aromatic N) is 1. The first-order chi connectivity index (χ1) is 25.3. The molecule has 0 atom stereocenters. The molecule has 1 heteroatoms. The molecule has 238 valence electrons. The van der Waals surface area contributed by atoms with Gasteiger partial charge in [0, 0.05) is 17.1 Å². The third-order valence-corrected chi connectivity index (χ3v) is 10.4. The Balaban J connectivity index is 1.15. The van der Waals surface area contributed by atoms with Gasteiger partial charge in [-0.1, -0.05) is 158 Å². The molecule has 51 heavy (non-hydrogen) atoms. The summed E-state index contributed by atoms with van der Waals surface area (Å²) >= 11 is 0. The van der Waals surface area contributed by atoms with Gasteiger partial charge in [-0.15, -0.1) is 0 Å². The largest absolute Gasteiger partial charge is 0.310 e. The zero-order valence-corrected chi connectivity index (χ0v) is 28.0. The van der Waals surface area contributed by atoms with Gasteiger partial charge in [-0.2, -0.15) is 0 Å². The quantitative estimate of drug-likeness (QED) is 0.168. The molecule has 0 bridgehead atoms. The van der Waals surface area contributed by atoms with Gasteiger partial charge in [0.2, 0.25) is 0 Å². The van der Waals surface area contributed by atoms with Crippen LogP contribution in [0.4, 0.5) is 17.1 Å². The van der Waals surface area contributed by atoms with Crippen LogP contribution >= 0.6 is 0 Å². The van der Waals surface area contributed by atoms with Crippen molar-refractivity contribution in [3.8, 4) is 22.3 Å². The first-order valence-corrected chi connectivity index (χ1v) is 17.6. The van der Waals surface area contributed by atoms with Gasteiger partial charge < -0.3 is 4.90 Å². The van der Waals surface area contributed by atoms with Crippen LogP contribution in [0.1, 0.15) is 0 Å². The molecule has 0 saturated heterocycles. The number of hydrogen-bond acceptors (Lipinski definition) is 1. The molecule has 10 aromatic carbocycles. The molecule has 0 N–H and O–H groups in total. The maximum atomic E-state index is 2.39. The van der Waals surface area contributed by atoms with Crippen LogP contribution in [0.25, 0.3) is 76.1 Å². The third-order valence-electron chi connectivity index (χ3n) is 10.4. The third kappa shape index (κ3) is 4.94. The van der Waals surface area contributed by atoms with Gasteiger partial charge >= 0.3 is 0 Å². The second-order valence-corrected chi connectivity index (χ2v) is 13.3. The van der Waals surface area contributed by atoms with Crippen LogP contribution < -0.4 is 4.90 Å². The fourth-order valence-electron chi connectivity index (χ4n) is 8.00. The van der Waals surface area contributed by atoms with Gasteiger partial charge in [-0.25, -0.2) is 0 Å². The molecule has 0 radical (unpaired) electrons. The normalized spacial score (nSPS) is 11.5. The summed E-state index contributed by atoms with van der Waals surface area (Å²) in [6.45, 7) is 0. The molecule has 10 rings (SSSR count). The van der Waals surface area contributed by atoms with E-state index in [0.717, 1.165) is 17.1 Å². The van der Waals surface area contributed by atoms with Crippen molar-refractivity contribution in [2.24, 2.45) is 0 Å². The molecule has 0 saturated carbocycles. The van der Waals surface area contributed by atoms with E-state index in [9.17, 15) is 0 Å². The molecule has 0 unspecified atom stereocenters. The van der Waals surface area contributed by atoms with E-state index >= 15 is 0 Å². The lowest BCUT2D eigenvalue weighted by molar-refractivity contribution is 1.29. The predicted molar refractivity (Wildman–Crippen MR) is 220 cm³/mol. The molecular weight excluding hydrogens is 615 g/mol. The van der Waals surface area contributed by atoms with E-state index in [1.165, 1.54) is 76.1 Å². The molecule has 0 spiro atoms. The molecule has 10 aromatic rings. The zero-order chi connectivity index (χ0) is 33.7. The molecule has 0 aliphatic rings. The highest BCUT2D eigenvalue weighted by Gasteiger charge is 2.17. The van der Waals surface area contributed by atoms with Crippen molar-refractivity contribution in [3.05, 3.63) is 200 Å².